The number of halogens is 1. The Bertz CT molecular complexity index is 773. The number of nitrogens with one attached hydrogen (secondary N) is 1. The van der Waals surface area contributed by atoms with Crippen LogP contribution < -0.4 is 19.5 Å². The lowest BCUT2D eigenvalue weighted by Crippen LogP contribution is -2.31. The molecule has 7 nitrogen and oxygen atoms in total. The summed E-state index contributed by atoms with van der Waals surface area (Å²) >= 11 is 5.95. The maximum Gasteiger partial charge on any atom is 0.325 e. The van der Waals surface area contributed by atoms with E-state index in [1.807, 2.05) is 0 Å². The number of hydrogen-bond donors (Lipinski definition) is 1. The van der Waals surface area contributed by atoms with Crippen LogP contribution in [-0.2, 0) is 9.53 Å². The van der Waals surface area contributed by atoms with Gasteiger partial charge in [0.1, 0.15) is 37.0 Å². The molecule has 0 heterocycles. The molecule has 2 aromatic rings. The summed E-state index contributed by atoms with van der Waals surface area (Å²) in [6, 6.07) is 11.7. The van der Waals surface area contributed by atoms with E-state index >= 15 is 0 Å². The second-order valence-electron chi connectivity index (χ2n) is 5.28. The first kappa shape index (κ1) is 20.4. The smallest absolute Gasteiger partial charge is 0.325 e. The van der Waals surface area contributed by atoms with Crippen LogP contribution in [0.4, 0.5) is 0 Å². The summed E-state index contributed by atoms with van der Waals surface area (Å²) in [5.41, 5.74) is 0.307. The standard InChI is InChI=1S/C19H20ClNO6/c1-24-14-9-13(10-15(11-14)25-2)19(23)21-12-18(22)27-8-7-26-17-6-4-3-5-16(17)20/h3-6,9-11H,7-8,12H2,1-2H3,(H,21,23). The summed E-state index contributed by atoms with van der Waals surface area (Å²) in [4.78, 5) is 23.9. The van der Waals surface area contributed by atoms with E-state index in [4.69, 9.17) is 30.5 Å². The third-order valence-corrected chi connectivity index (χ3v) is 3.76. The van der Waals surface area contributed by atoms with Crippen LogP contribution in [0.2, 0.25) is 5.02 Å². The minimum absolute atomic E-state index is 0.0346. The number of para-hydroxylation sites is 1. The number of ether oxygens (including phenoxy) is 4. The maximum absolute atomic E-state index is 12.2. The van der Waals surface area contributed by atoms with Gasteiger partial charge in [-0.25, -0.2) is 0 Å². The van der Waals surface area contributed by atoms with E-state index < -0.39 is 11.9 Å². The Hall–Kier alpha value is -2.93. The average Bonchev–Trinajstić information content (AvgIpc) is 2.70. The molecule has 2 aromatic carbocycles. The van der Waals surface area contributed by atoms with Crippen molar-refractivity contribution in [2.75, 3.05) is 34.0 Å². The molecular formula is C19H20ClNO6. The Morgan fingerprint density at radius 1 is 1.00 bits per heavy atom. The zero-order valence-electron chi connectivity index (χ0n) is 15.0. The molecule has 0 aliphatic rings. The summed E-state index contributed by atoms with van der Waals surface area (Å²) in [5.74, 6) is 0.422. The Kier molecular flexibility index (Phi) is 7.76. The van der Waals surface area contributed by atoms with Crippen molar-refractivity contribution in [3.05, 3.63) is 53.1 Å². The molecule has 0 aromatic heterocycles. The van der Waals surface area contributed by atoms with Crippen LogP contribution in [0.5, 0.6) is 17.2 Å². The molecule has 1 amide bonds. The molecule has 0 aliphatic carbocycles. The first-order valence-electron chi connectivity index (χ1n) is 8.07. The summed E-state index contributed by atoms with van der Waals surface area (Å²) in [5, 5.41) is 2.96. The minimum Gasteiger partial charge on any atom is -0.497 e. The molecular weight excluding hydrogens is 374 g/mol. The van der Waals surface area contributed by atoms with E-state index in [0.29, 0.717) is 27.8 Å². The number of methoxy groups -OCH3 is 2. The summed E-state index contributed by atoms with van der Waals surface area (Å²) in [6.07, 6.45) is 0. The van der Waals surface area contributed by atoms with Gasteiger partial charge in [0.25, 0.3) is 5.91 Å². The molecule has 0 bridgehead atoms. The first-order valence-corrected chi connectivity index (χ1v) is 8.45. The van der Waals surface area contributed by atoms with Crippen molar-refractivity contribution >= 4 is 23.5 Å². The highest BCUT2D eigenvalue weighted by Crippen LogP contribution is 2.23. The number of hydrogen-bond acceptors (Lipinski definition) is 6. The van der Waals surface area contributed by atoms with Crippen molar-refractivity contribution in [1.82, 2.24) is 5.32 Å². The summed E-state index contributed by atoms with van der Waals surface area (Å²) < 4.78 is 20.6. The van der Waals surface area contributed by atoms with Gasteiger partial charge in [0.05, 0.1) is 19.2 Å². The van der Waals surface area contributed by atoms with Crippen LogP contribution in [-0.4, -0.2) is 45.9 Å². The monoisotopic (exact) mass is 393 g/mol. The Morgan fingerprint density at radius 2 is 1.67 bits per heavy atom. The topological polar surface area (TPSA) is 83.1 Å². The molecule has 0 atom stereocenters. The summed E-state index contributed by atoms with van der Waals surface area (Å²) in [7, 11) is 2.97. The Morgan fingerprint density at radius 3 is 2.30 bits per heavy atom. The number of esters is 1. The third-order valence-electron chi connectivity index (χ3n) is 3.45. The number of carbonyl (C=O) groups excluding carboxylic acids is 2. The summed E-state index contributed by atoms with van der Waals surface area (Å²) in [6.45, 7) is -0.0894. The van der Waals surface area contributed by atoms with Crippen LogP contribution in [0.25, 0.3) is 0 Å². The van der Waals surface area contributed by atoms with Crippen molar-refractivity contribution in [3.8, 4) is 17.2 Å². The van der Waals surface area contributed by atoms with Gasteiger partial charge < -0.3 is 24.3 Å². The molecule has 0 aliphatic heterocycles. The largest absolute Gasteiger partial charge is 0.497 e. The lowest BCUT2D eigenvalue weighted by Gasteiger charge is -2.10. The fraction of sp³-hybridized carbons (Fsp3) is 0.263. The third kappa shape index (κ3) is 6.38. The predicted octanol–water partition coefficient (Wildman–Crippen LogP) is 2.71. The van der Waals surface area contributed by atoms with Crippen LogP contribution in [0, 0.1) is 0 Å². The van der Waals surface area contributed by atoms with E-state index in [0.717, 1.165) is 0 Å². The van der Waals surface area contributed by atoms with E-state index in [2.05, 4.69) is 5.32 Å². The highest BCUT2D eigenvalue weighted by Gasteiger charge is 2.12. The molecule has 0 fully saturated rings. The van der Waals surface area contributed by atoms with Crippen molar-refractivity contribution in [1.29, 1.82) is 0 Å². The van der Waals surface area contributed by atoms with Gasteiger partial charge in [0.15, 0.2) is 0 Å². The van der Waals surface area contributed by atoms with Gasteiger partial charge >= 0.3 is 5.97 Å². The molecule has 0 radical (unpaired) electrons. The first-order chi connectivity index (χ1) is 13.0. The molecule has 0 unspecified atom stereocenters. The van der Waals surface area contributed by atoms with Crippen molar-refractivity contribution in [2.24, 2.45) is 0 Å². The lowest BCUT2D eigenvalue weighted by atomic mass is 10.2. The number of rotatable bonds is 9. The predicted molar refractivity (Wildman–Crippen MR) is 99.8 cm³/mol. The number of amides is 1. The van der Waals surface area contributed by atoms with Gasteiger partial charge in [-0.3, -0.25) is 9.59 Å². The van der Waals surface area contributed by atoms with E-state index in [9.17, 15) is 9.59 Å². The maximum atomic E-state index is 12.2. The fourth-order valence-electron chi connectivity index (χ4n) is 2.11. The molecule has 1 N–H and O–H groups in total. The normalized spacial score (nSPS) is 10.0. The van der Waals surface area contributed by atoms with Crippen molar-refractivity contribution in [2.45, 2.75) is 0 Å². The highest BCUT2D eigenvalue weighted by molar-refractivity contribution is 6.32. The van der Waals surface area contributed by atoms with Crippen molar-refractivity contribution in [3.63, 3.8) is 0 Å². The quantitative estimate of drug-likeness (QED) is 0.521. The van der Waals surface area contributed by atoms with E-state index in [1.54, 1.807) is 42.5 Å². The van der Waals surface area contributed by atoms with Gasteiger partial charge in [-0.1, -0.05) is 23.7 Å². The SMILES string of the molecule is COc1cc(OC)cc(C(=O)NCC(=O)OCCOc2ccccc2Cl)c1. The van der Waals surface area contributed by atoms with Crippen LogP contribution in [0.3, 0.4) is 0 Å². The van der Waals surface area contributed by atoms with Crippen LogP contribution in [0.15, 0.2) is 42.5 Å². The van der Waals surface area contributed by atoms with Gasteiger partial charge in [0, 0.05) is 11.6 Å². The van der Waals surface area contributed by atoms with Crippen LogP contribution >= 0.6 is 11.6 Å². The van der Waals surface area contributed by atoms with E-state index in [1.165, 1.54) is 14.2 Å². The average molecular weight is 394 g/mol. The second kappa shape index (κ2) is 10.3. The second-order valence-corrected chi connectivity index (χ2v) is 5.69. The highest BCUT2D eigenvalue weighted by atomic mass is 35.5. The fourth-order valence-corrected chi connectivity index (χ4v) is 2.30. The molecule has 0 saturated heterocycles. The number of benzene rings is 2. The van der Waals surface area contributed by atoms with Gasteiger partial charge in [-0.05, 0) is 24.3 Å². The molecule has 8 heteroatoms. The number of carbonyl (C=O) groups is 2. The molecule has 2 rings (SSSR count). The Labute approximate surface area is 162 Å². The minimum atomic E-state index is -0.582. The zero-order chi connectivity index (χ0) is 19.6. The van der Waals surface area contributed by atoms with E-state index in [-0.39, 0.29) is 19.8 Å². The Balaban J connectivity index is 1.75. The van der Waals surface area contributed by atoms with Gasteiger partial charge in [0.2, 0.25) is 0 Å². The molecule has 0 saturated carbocycles. The molecule has 0 spiro atoms. The van der Waals surface area contributed by atoms with Gasteiger partial charge in [-0.15, -0.1) is 0 Å². The molecule has 144 valence electrons. The van der Waals surface area contributed by atoms with Crippen LogP contribution in [0.1, 0.15) is 10.4 Å². The molecule has 27 heavy (non-hydrogen) atoms. The lowest BCUT2D eigenvalue weighted by molar-refractivity contribution is -0.143. The zero-order valence-corrected chi connectivity index (χ0v) is 15.7. The van der Waals surface area contributed by atoms with Gasteiger partial charge in [-0.2, -0.15) is 0 Å². The van der Waals surface area contributed by atoms with Crippen molar-refractivity contribution < 1.29 is 28.5 Å².